The number of carboxylic acid groups (broad SMARTS) is 1. The van der Waals surface area contributed by atoms with Crippen LogP contribution in [-0.2, 0) is 42.9 Å². The molecule has 0 aromatic rings. The molecule has 5 unspecified atom stereocenters. The number of carboxylic acids is 1. The number of carbonyl (C=O) groups is 4. The summed E-state index contributed by atoms with van der Waals surface area (Å²) in [5.41, 5.74) is -8.28. The molecule has 7 aliphatic rings. The second-order valence-electron chi connectivity index (χ2n) is 12.1. The van der Waals surface area contributed by atoms with Gasteiger partial charge in [-0.1, -0.05) is 20.8 Å². The SMILES string of the molecule is CC1C(=O)O[C@H]2[C@H](O)[C@@]34C5C[C@@H](C(C)(C)C)C6C7(OC(=O)[C@H](OCC(=O)O)C673)O[C@@]4(C(=O)O5)[C@@]12O. The van der Waals surface area contributed by atoms with Crippen LogP contribution in [0.2, 0.25) is 0 Å². The van der Waals surface area contributed by atoms with Crippen LogP contribution >= 0.6 is 0 Å². The van der Waals surface area contributed by atoms with Crippen molar-refractivity contribution in [2.75, 3.05) is 6.61 Å². The van der Waals surface area contributed by atoms with Crippen LogP contribution in [0.3, 0.4) is 0 Å². The Morgan fingerprint density at radius 3 is 2.46 bits per heavy atom. The Balaban J connectivity index is 1.52. The van der Waals surface area contributed by atoms with E-state index in [0.717, 1.165) is 0 Å². The van der Waals surface area contributed by atoms with Gasteiger partial charge in [0.25, 0.3) is 0 Å². The number of fused-ring (bicyclic) bond motifs is 1. The van der Waals surface area contributed by atoms with Crippen LogP contribution < -0.4 is 0 Å². The number of aliphatic carboxylic acids is 1. The highest BCUT2D eigenvalue weighted by atomic mass is 16.8. The van der Waals surface area contributed by atoms with Gasteiger partial charge in [0.05, 0.1) is 16.7 Å². The fourth-order valence-electron chi connectivity index (χ4n) is 9.30. The van der Waals surface area contributed by atoms with E-state index in [-0.39, 0.29) is 12.3 Å². The number of hydrogen-bond donors (Lipinski definition) is 3. The van der Waals surface area contributed by atoms with Crippen LogP contribution in [0, 0.1) is 34.0 Å². The largest absolute Gasteiger partial charge is 0.480 e. The van der Waals surface area contributed by atoms with Gasteiger partial charge in [-0.3, -0.25) is 4.79 Å². The van der Waals surface area contributed by atoms with E-state index in [1.165, 1.54) is 6.92 Å². The molecule has 7 rings (SSSR count). The highest BCUT2D eigenvalue weighted by molar-refractivity contribution is 5.95. The third-order valence-corrected chi connectivity index (χ3v) is 10.3. The van der Waals surface area contributed by atoms with E-state index >= 15 is 0 Å². The molecular weight excluding hydrogens is 468 g/mol. The Morgan fingerprint density at radius 2 is 1.83 bits per heavy atom. The zero-order chi connectivity index (χ0) is 25.3. The third-order valence-electron chi connectivity index (χ3n) is 10.3. The minimum atomic E-state index is -2.30. The Kier molecular flexibility index (Phi) is 3.46. The van der Waals surface area contributed by atoms with Gasteiger partial charge >= 0.3 is 23.9 Å². The summed E-state index contributed by atoms with van der Waals surface area (Å²) in [5.74, 6) is -7.81. The first-order valence-electron chi connectivity index (χ1n) is 11.8. The van der Waals surface area contributed by atoms with Crippen LogP contribution in [0.1, 0.15) is 34.1 Å². The molecule has 0 radical (unpaired) electrons. The smallest absolute Gasteiger partial charge is 0.343 e. The van der Waals surface area contributed by atoms with Gasteiger partial charge < -0.3 is 39.0 Å². The summed E-state index contributed by atoms with van der Waals surface area (Å²) in [6, 6.07) is 0. The van der Waals surface area contributed by atoms with Crippen LogP contribution in [0.4, 0.5) is 0 Å². The fraction of sp³-hybridized carbons (Fsp3) is 0.826. The normalized spacial score (nSPS) is 58.2. The maximum absolute atomic E-state index is 13.7. The number of aliphatic hydroxyl groups excluding tert-OH is 1. The first-order chi connectivity index (χ1) is 16.2. The zero-order valence-corrected chi connectivity index (χ0v) is 19.5. The first-order valence-corrected chi connectivity index (χ1v) is 11.8. The van der Waals surface area contributed by atoms with Crippen molar-refractivity contribution in [3.63, 3.8) is 0 Å². The van der Waals surface area contributed by atoms with Crippen LogP contribution in [0.25, 0.3) is 0 Å². The molecule has 4 aliphatic heterocycles. The molecule has 3 aliphatic carbocycles. The highest BCUT2D eigenvalue weighted by Gasteiger charge is 3.14. The van der Waals surface area contributed by atoms with Gasteiger partial charge in [-0.25, -0.2) is 14.4 Å². The van der Waals surface area contributed by atoms with Crippen LogP contribution in [-0.4, -0.2) is 87.2 Å². The van der Waals surface area contributed by atoms with E-state index < -0.39 is 100.0 Å². The lowest BCUT2D eigenvalue weighted by atomic mass is 9.50. The molecule has 7 fully saturated rings. The van der Waals surface area contributed by atoms with Crippen molar-refractivity contribution in [3.8, 4) is 0 Å². The standard InChI is InChI=1S/C23H26O12/c1-7-15(27)33-13-12(26)19-9-5-8(18(2,3)4)11-20(19)14(31-6-10(24)25)16(28)34-23(11,20)35-22(19,17(29)32-9)21(7,13)30/h7-9,11-14,26,30H,5-6H2,1-4H3,(H,24,25)/t7?,8-,9?,11?,12+,13+,14+,19+,20?,21-,22-,23?/m1/s1. The predicted octanol–water partition coefficient (Wildman–Crippen LogP) is -1.26. The number of carbonyl (C=O) groups excluding carboxylic acids is 3. The number of esters is 3. The topological polar surface area (TPSA) is 175 Å². The molecule has 4 heterocycles. The summed E-state index contributed by atoms with van der Waals surface area (Å²) < 4.78 is 29.1. The highest BCUT2D eigenvalue weighted by Crippen LogP contribution is 2.96. The molecule has 12 heteroatoms. The van der Waals surface area contributed by atoms with E-state index in [2.05, 4.69) is 0 Å². The monoisotopic (exact) mass is 494 g/mol. The van der Waals surface area contributed by atoms with Gasteiger partial charge in [-0.05, 0) is 24.7 Å². The van der Waals surface area contributed by atoms with Crippen molar-refractivity contribution in [1.29, 1.82) is 0 Å². The quantitative estimate of drug-likeness (QED) is 0.314. The minimum Gasteiger partial charge on any atom is -0.480 e. The average Bonchev–Trinajstić information content (AvgIpc) is 3.01. The van der Waals surface area contributed by atoms with Crippen LogP contribution in [0.15, 0.2) is 0 Å². The Labute approximate surface area is 198 Å². The number of aliphatic hydroxyl groups is 2. The molecule has 3 saturated carbocycles. The summed E-state index contributed by atoms with van der Waals surface area (Å²) in [4.78, 5) is 50.7. The van der Waals surface area contributed by atoms with Crippen molar-refractivity contribution in [2.45, 2.75) is 75.5 Å². The van der Waals surface area contributed by atoms with Crippen molar-refractivity contribution in [2.24, 2.45) is 34.0 Å². The molecule has 12 nitrogen and oxygen atoms in total. The Morgan fingerprint density at radius 1 is 1.14 bits per heavy atom. The van der Waals surface area contributed by atoms with E-state index in [4.69, 9.17) is 23.7 Å². The third kappa shape index (κ3) is 1.67. The second kappa shape index (κ2) is 5.51. The molecule has 0 aromatic carbocycles. The number of ether oxygens (including phenoxy) is 5. The molecule has 0 aromatic heterocycles. The molecule has 190 valence electrons. The van der Waals surface area contributed by atoms with Gasteiger partial charge in [0.2, 0.25) is 11.4 Å². The maximum atomic E-state index is 13.7. The lowest BCUT2D eigenvalue weighted by Gasteiger charge is -2.52. The predicted molar refractivity (Wildman–Crippen MR) is 106 cm³/mol. The summed E-state index contributed by atoms with van der Waals surface area (Å²) in [5, 5.41) is 33.2. The van der Waals surface area contributed by atoms with Gasteiger partial charge in [-0.2, -0.15) is 0 Å². The number of hydrogen-bond acceptors (Lipinski definition) is 11. The maximum Gasteiger partial charge on any atom is 0.343 e. The minimum absolute atomic E-state index is 0.242. The summed E-state index contributed by atoms with van der Waals surface area (Å²) in [6.07, 6.45) is -5.44. The molecule has 4 saturated heterocycles. The van der Waals surface area contributed by atoms with E-state index in [9.17, 15) is 34.5 Å². The summed E-state index contributed by atoms with van der Waals surface area (Å²) in [7, 11) is 0. The lowest BCUT2D eigenvalue weighted by molar-refractivity contribution is -0.274. The van der Waals surface area contributed by atoms with Gasteiger partial charge in [0.1, 0.15) is 18.8 Å². The zero-order valence-electron chi connectivity index (χ0n) is 19.5. The molecular formula is C23H26O12. The fourth-order valence-corrected chi connectivity index (χ4v) is 9.30. The summed E-state index contributed by atoms with van der Waals surface area (Å²) in [6.45, 7) is 6.47. The van der Waals surface area contributed by atoms with E-state index in [0.29, 0.717) is 0 Å². The average molecular weight is 494 g/mol. The van der Waals surface area contributed by atoms with Crippen molar-refractivity contribution >= 4 is 23.9 Å². The number of rotatable bonds is 3. The van der Waals surface area contributed by atoms with Gasteiger partial charge in [0.15, 0.2) is 17.8 Å². The molecule has 0 amide bonds. The van der Waals surface area contributed by atoms with Gasteiger partial charge in [0, 0.05) is 5.92 Å². The van der Waals surface area contributed by atoms with Gasteiger partial charge in [-0.15, -0.1) is 0 Å². The lowest BCUT2D eigenvalue weighted by Crippen LogP contribution is -2.70. The molecule has 0 bridgehead atoms. The van der Waals surface area contributed by atoms with Crippen LogP contribution in [0.5, 0.6) is 0 Å². The summed E-state index contributed by atoms with van der Waals surface area (Å²) >= 11 is 0. The van der Waals surface area contributed by atoms with E-state index in [1.54, 1.807) is 0 Å². The molecule has 3 N–H and O–H groups in total. The first kappa shape index (κ1) is 22.0. The van der Waals surface area contributed by atoms with E-state index in [1.807, 2.05) is 20.8 Å². The van der Waals surface area contributed by atoms with Crippen molar-refractivity contribution in [1.82, 2.24) is 0 Å². The molecule has 35 heavy (non-hydrogen) atoms. The van der Waals surface area contributed by atoms with Crippen molar-refractivity contribution in [3.05, 3.63) is 0 Å². The molecule has 2 spiro atoms. The Bertz CT molecular complexity index is 1140. The van der Waals surface area contributed by atoms with Crippen molar-refractivity contribution < 1.29 is 58.2 Å². The molecule has 12 atom stereocenters. The second-order valence-corrected chi connectivity index (χ2v) is 12.1. The Hall–Kier alpha value is -2.28.